The van der Waals surface area contributed by atoms with Gasteiger partial charge in [-0.3, -0.25) is 9.59 Å². The standard InChI is InChI=1S/C19H20N2O2/c1-3-14-7-9-15(10-8-14)20-17-12-18(22)21(19(17)23)16-6-4-5-13(2)11-16/h4-11,17,20H,3,12H2,1-2H3. The minimum atomic E-state index is -0.504. The van der Waals surface area contributed by atoms with Gasteiger partial charge in [0, 0.05) is 5.69 Å². The summed E-state index contributed by atoms with van der Waals surface area (Å²) in [6, 6.07) is 14.9. The maximum absolute atomic E-state index is 12.6. The molecule has 2 aromatic rings. The Bertz CT molecular complexity index is 737. The van der Waals surface area contributed by atoms with Crippen LogP contribution in [-0.2, 0) is 16.0 Å². The molecule has 1 atom stereocenters. The number of nitrogens with zero attached hydrogens (tertiary/aromatic N) is 1. The van der Waals surface area contributed by atoms with E-state index in [1.807, 2.05) is 49.4 Å². The molecule has 0 saturated carbocycles. The maximum atomic E-state index is 12.6. The Morgan fingerprint density at radius 1 is 1.13 bits per heavy atom. The summed E-state index contributed by atoms with van der Waals surface area (Å²) < 4.78 is 0. The number of carbonyl (C=O) groups is 2. The summed E-state index contributed by atoms with van der Waals surface area (Å²) in [5, 5.41) is 3.17. The monoisotopic (exact) mass is 308 g/mol. The normalized spacial score (nSPS) is 17.7. The van der Waals surface area contributed by atoms with E-state index in [2.05, 4.69) is 12.2 Å². The number of imide groups is 1. The number of anilines is 2. The van der Waals surface area contributed by atoms with Crippen LogP contribution in [0.25, 0.3) is 0 Å². The Balaban J connectivity index is 1.78. The molecule has 1 aliphatic heterocycles. The lowest BCUT2D eigenvalue weighted by Crippen LogP contribution is -2.34. The van der Waals surface area contributed by atoms with Crippen molar-refractivity contribution in [2.24, 2.45) is 0 Å². The molecular formula is C19H20N2O2. The summed E-state index contributed by atoms with van der Waals surface area (Å²) >= 11 is 0. The fourth-order valence-corrected chi connectivity index (χ4v) is 2.82. The molecule has 3 rings (SSSR count). The SMILES string of the molecule is CCc1ccc(NC2CC(=O)N(c3cccc(C)c3)C2=O)cc1. The van der Waals surface area contributed by atoms with Crippen LogP contribution in [0, 0.1) is 6.92 Å². The van der Waals surface area contributed by atoms with E-state index < -0.39 is 6.04 Å². The number of carbonyl (C=O) groups excluding carboxylic acids is 2. The molecular weight excluding hydrogens is 288 g/mol. The van der Waals surface area contributed by atoms with Crippen LogP contribution in [0.4, 0.5) is 11.4 Å². The van der Waals surface area contributed by atoms with Gasteiger partial charge in [0.1, 0.15) is 6.04 Å². The molecule has 1 aliphatic rings. The van der Waals surface area contributed by atoms with Crippen molar-refractivity contribution in [2.75, 3.05) is 10.2 Å². The van der Waals surface area contributed by atoms with Gasteiger partial charge < -0.3 is 5.32 Å². The summed E-state index contributed by atoms with van der Waals surface area (Å²) in [5.74, 6) is -0.358. The first kappa shape index (κ1) is 15.3. The lowest BCUT2D eigenvalue weighted by Gasteiger charge is -2.16. The van der Waals surface area contributed by atoms with E-state index in [1.54, 1.807) is 6.07 Å². The second-order valence-corrected chi connectivity index (χ2v) is 5.86. The Kier molecular flexibility index (Phi) is 4.15. The van der Waals surface area contributed by atoms with E-state index in [9.17, 15) is 9.59 Å². The Morgan fingerprint density at radius 2 is 1.87 bits per heavy atom. The third-order valence-corrected chi connectivity index (χ3v) is 4.11. The summed E-state index contributed by atoms with van der Waals surface area (Å²) in [5.41, 5.74) is 3.77. The van der Waals surface area contributed by atoms with Crippen LogP contribution >= 0.6 is 0 Å². The number of aryl methyl sites for hydroxylation is 2. The molecule has 0 aliphatic carbocycles. The molecule has 4 heteroatoms. The van der Waals surface area contributed by atoms with E-state index in [1.165, 1.54) is 10.5 Å². The molecule has 1 saturated heterocycles. The van der Waals surface area contributed by atoms with Gasteiger partial charge in [0.2, 0.25) is 5.91 Å². The predicted molar refractivity (Wildman–Crippen MR) is 91.5 cm³/mol. The Labute approximate surface area is 136 Å². The van der Waals surface area contributed by atoms with Gasteiger partial charge in [0.05, 0.1) is 12.1 Å². The molecule has 1 fully saturated rings. The average Bonchev–Trinajstić information content (AvgIpc) is 2.82. The van der Waals surface area contributed by atoms with Gasteiger partial charge in [0.25, 0.3) is 5.91 Å². The number of rotatable bonds is 4. The molecule has 23 heavy (non-hydrogen) atoms. The van der Waals surface area contributed by atoms with Gasteiger partial charge in [-0.05, 0) is 48.7 Å². The van der Waals surface area contributed by atoms with Crippen LogP contribution in [0.1, 0.15) is 24.5 Å². The Morgan fingerprint density at radius 3 is 2.52 bits per heavy atom. The predicted octanol–water partition coefficient (Wildman–Crippen LogP) is 3.30. The largest absolute Gasteiger partial charge is 0.373 e. The topological polar surface area (TPSA) is 49.4 Å². The number of hydrogen-bond acceptors (Lipinski definition) is 3. The zero-order valence-electron chi connectivity index (χ0n) is 13.4. The molecule has 2 aromatic carbocycles. The van der Waals surface area contributed by atoms with E-state index in [0.717, 1.165) is 17.7 Å². The molecule has 2 amide bonds. The third-order valence-electron chi connectivity index (χ3n) is 4.11. The summed E-state index contributed by atoms with van der Waals surface area (Å²) in [6.07, 6.45) is 1.16. The van der Waals surface area contributed by atoms with Crippen molar-refractivity contribution < 1.29 is 9.59 Å². The summed E-state index contributed by atoms with van der Waals surface area (Å²) in [6.45, 7) is 4.04. The highest BCUT2D eigenvalue weighted by Crippen LogP contribution is 2.25. The molecule has 0 radical (unpaired) electrons. The Hall–Kier alpha value is -2.62. The highest BCUT2D eigenvalue weighted by Gasteiger charge is 2.39. The number of benzene rings is 2. The lowest BCUT2D eigenvalue weighted by atomic mass is 10.1. The molecule has 4 nitrogen and oxygen atoms in total. The van der Waals surface area contributed by atoms with Gasteiger partial charge in [-0.1, -0.05) is 31.2 Å². The minimum Gasteiger partial charge on any atom is -0.373 e. The number of nitrogens with one attached hydrogen (secondary N) is 1. The molecule has 1 N–H and O–H groups in total. The van der Waals surface area contributed by atoms with Crippen LogP contribution in [0.5, 0.6) is 0 Å². The highest BCUT2D eigenvalue weighted by atomic mass is 16.2. The smallest absolute Gasteiger partial charge is 0.256 e. The van der Waals surface area contributed by atoms with Crippen molar-refractivity contribution in [3.63, 3.8) is 0 Å². The first-order valence-electron chi connectivity index (χ1n) is 7.87. The third kappa shape index (κ3) is 3.11. The van der Waals surface area contributed by atoms with Crippen LogP contribution < -0.4 is 10.2 Å². The quantitative estimate of drug-likeness (QED) is 0.882. The first-order chi connectivity index (χ1) is 11.1. The van der Waals surface area contributed by atoms with Crippen LogP contribution in [0.2, 0.25) is 0 Å². The van der Waals surface area contributed by atoms with E-state index in [0.29, 0.717) is 5.69 Å². The minimum absolute atomic E-state index is 0.164. The van der Waals surface area contributed by atoms with Crippen molar-refractivity contribution in [1.82, 2.24) is 0 Å². The molecule has 0 aromatic heterocycles. The number of hydrogen-bond donors (Lipinski definition) is 1. The van der Waals surface area contributed by atoms with Crippen LogP contribution in [-0.4, -0.2) is 17.9 Å². The summed E-state index contributed by atoms with van der Waals surface area (Å²) in [7, 11) is 0. The highest BCUT2D eigenvalue weighted by molar-refractivity contribution is 6.23. The number of amides is 2. The van der Waals surface area contributed by atoms with Crippen molar-refractivity contribution in [3.8, 4) is 0 Å². The van der Waals surface area contributed by atoms with Crippen LogP contribution in [0.15, 0.2) is 48.5 Å². The van der Waals surface area contributed by atoms with Gasteiger partial charge in [-0.25, -0.2) is 4.90 Å². The fraction of sp³-hybridized carbons (Fsp3) is 0.263. The first-order valence-corrected chi connectivity index (χ1v) is 7.87. The zero-order chi connectivity index (χ0) is 16.4. The second-order valence-electron chi connectivity index (χ2n) is 5.86. The molecule has 0 bridgehead atoms. The van der Waals surface area contributed by atoms with Crippen molar-refractivity contribution >= 4 is 23.2 Å². The van der Waals surface area contributed by atoms with Gasteiger partial charge in [0.15, 0.2) is 0 Å². The zero-order valence-corrected chi connectivity index (χ0v) is 13.4. The fourth-order valence-electron chi connectivity index (χ4n) is 2.82. The van der Waals surface area contributed by atoms with Crippen molar-refractivity contribution in [2.45, 2.75) is 32.7 Å². The molecule has 1 heterocycles. The van der Waals surface area contributed by atoms with Gasteiger partial charge >= 0.3 is 0 Å². The second kappa shape index (κ2) is 6.24. The van der Waals surface area contributed by atoms with Gasteiger partial charge in [-0.2, -0.15) is 0 Å². The molecule has 1 unspecified atom stereocenters. The lowest BCUT2D eigenvalue weighted by molar-refractivity contribution is -0.121. The molecule has 0 spiro atoms. The van der Waals surface area contributed by atoms with E-state index in [4.69, 9.17) is 0 Å². The van der Waals surface area contributed by atoms with Crippen LogP contribution in [0.3, 0.4) is 0 Å². The summed E-state index contributed by atoms with van der Waals surface area (Å²) in [4.78, 5) is 26.1. The molecule has 118 valence electrons. The average molecular weight is 308 g/mol. The van der Waals surface area contributed by atoms with Crippen molar-refractivity contribution in [1.29, 1.82) is 0 Å². The van der Waals surface area contributed by atoms with E-state index in [-0.39, 0.29) is 18.2 Å². The van der Waals surface area contributed by atoms with Crippen molar-refractivity contribution in [3.05, 3.63) is 59.7 Å². The van der Waals surface area contributed by atoms with Gasteiger partial charge in [-0.15, -0.1) is 0 Å². The van der Waals surface area contributed by atoms with E-state index >= 15 is 0 Å². The maximum Gasteiger partial charge on any atom is 0.256 e.